The second-order valence-electron chi connectivity index (χ2n) is 5.33. The molecule has 0 radical (unpaired) electrons. The Balaban J connectivity index is 2.42. The van der Waals surface area contributed by atoms with Crippen LogP contribution >= 0.6 is 0 Å². The molecular formula is C12H23N5O. The molecule has 0 saturated heterocycles. The van der Waals surface area contributed by atoms with Crippen LogP contribution in [-0.4, -0.2) is 33.0 Å². The first-order valence-electron chi connectivity index (χ1n) is 6.30. The maximum Gasteiger partial charge on any atom is 0.222 e. The van der Waals surface area contributed by atoms with Crippen LogP contribution in [0.2, 0.25) is 0 Å². The van der Waals surface area contributed by atoms with Crippen molar-refractivity contribution in [3.63, 3.8) is 0 Å². The number of rotatable bonds is 7. The molecule has 1 aromatic rings. The summed E-state index contributed by atoms with van der Waals surface area (Å²) in [6, 6.07) is 0. The van der Waals surface area contributed by atoms with Gasteiger partial charge in [0.05, 0.1) is 12.7 Å². The summed E-state index contributed by atoms with van der Waals surface area (Å²) in [6.07, 6.45) is 4.60. The summed E-state index contributed by atoms with van der Waals surface area (Å²) in [5.41, 5.74) is 5.43. The minimum Gasteiger partial charge on any atom is -0.350 e. The normalized spacial score (nSPS) is 14.5. The maximum atomic E-state index is 11.9. The standard InChI is InChI=1S/C12H23N5O/c1-10(2)8-12(3,9-13)15-11(18)4-6-17-7-5-14-16-17/h5,7,10H,4,6,8-9,13H2,1-3H3,(H,15,18). The van der Waals surface area contributed by atoms with Crippen LogP contribution in [0, 0.1) is 5.92 Å². The number of aryl methyl sites for hydroxylation is 1. The molecule has 0 fully saturated rings. The number of carbonyl (C=O) groups excluding carboxylic acids is 1. The number of hydrogen-bond acceptors (Lipinski definition) is 4. The molecule has 1 unspecified atom stereocenters. The lowest BCUT2D eigenvalue weighted by Crippen LogP contribution is -2.52. The van der Waals surface area contributed by atoms with Gasteiger partial charge < -0.3 is 11.1 Å². The van der Waals surface area contributed by atoms with E-state index < -0.39 is 0 Å². The molecule has 6 heteroatoms. The Morgan fingerprint density at radius 2 is 2.28 bits per heavy atom. The molecule has 102 valence electrons. The van der Waals surface area contributed by atoms with Gasteiger partial charge in [0.15, 0.2) is 0 Å². The van der Waals surface area contributed by atoms with Gasteiger partial charge in [0.2, 0.25) is 5.91 Å². The Morgan fingerprint density at radius 3 is 2.78 bits per heavy atom. The summed E-state index contributed by atoms with van der Waals surface area (Å²) >= 11 is 0. The fourth-order valence-electron chi connectivity index (χ4n) is 2.05. The van der Waals surface area contributed by atoms with Gasteiger partial charge >= 0.3 is 0 Å². The number of hydrogen-bond donors (Lipinski definition) is 2. The first kappa shape index (κ1) is 14.6. The summed E-state index contributed by atoms with van der Waals surface area (Å²) < 4.78 is 1.64. The maximum absolute atomic E-state index is 11.9. The van der Waals surface area contributed by atoms with Gasteiger partial charge in [0, 0.05) is 24.7 Å². The average molecular weight is 253 g/mol. The molecule has 0 aliphatic heterocycles. The summed E-state index contributed by atoms with van der Waals surface area (Å²) in [5, 5.41) is 10.5. The number of carbonyl (C=O) groups is 1. The van der Waals surface area contributed by atoms with Crippen LogP contribution in [0.25, 0.3) is 0 Å². The quantitative estimate of drug-likeness (QED) is 0.743. The van der Waals surface area contributed by atoms with Crippen molar-refractivity contribution in [1.82, 2.24) is 20.3 Å². The van der Waals surface area contributed by atoms with Gasteiger partial charge in [-0.25, -0.2) is 0 Å². The van der Waals surface area contributed by atoms with Crippen LogP contribution in [0.1, 0.15) is 33.6 Å². The number of nitrogens with two attached hydrogens (primary N) is 1. The van der Waals surface area contributed by atoms with Gasteiger partial charge in [-0.2, -0.15) is 0 Å². The largest absolute Gasteiger partial charge is 0.350 e. The molecule has 0 bridgehead atoms. The number of amides is 1. The smallest absolute Gasteiger partial charge is 0.222 e. The summed E-state index contributed by atoms with van der Waals surface area (Å²) in [7, 11) is 0. The Hall–Kier alpha value is -1.43. The van der Waals surface area contributed by atoms with Gasteiger partial charge in [-0.3, -0.25) is 9.48 Å². The molecule has 1 aromatic heterocycles. The molecule has 0 spiro atoms. The van der Waals surface area contributed by atoms with Crippen molar-refractivity contribution < 1.29 is 4.79 Å². The molecule has 0 saturated carbocycles. The van der Waals surface area contributed by atoms with E-state index in [0.29, 0.717) is 25.4 Å². The van der Waals surface area contributed by atoms with Gasteiger partial charge in [0.1, 0.15) is 0 Å². The zero-order valence-corrected chi connectivity index (χ0v) is 11.4. The van der Waals surface area contributed by atoms with Crippen molar-refractivity contribution in [2.75, 3.05) is 6.54 Å². The summed E-state index contributed by atoms with van der Waals surface area (Å²) in [4.78, 5) is 11.9. The van der Waals surface area contributed by atoms with Crippen molar-refractivity contribution in [3.05, 3.63) is 12.4 Å². The highest BCUT2D eigenvalue weighted by molar-refractivity contribution is 5.76. The highest BCUT2D eigenvalue weighted by Gasteiger charge is 2.25. The van der Waals surface area contributed by atoms with Crippen molar-refractivity contribution in [1.29, 1.82) is 0 Å². The third-order valence-electron chi connectivity index (χ3n) is 2.79. The van der Waals surface area contributed by atoms with Crippen molar-refractivity contribution in [2.24, 2.45) is 11.7 Å². The van der Waals surface area contributed by atoms with Crippen LogP contribution in [0.5, 0.6) is 0 Å². The monoisotopic (exact) mass is 253 g/mol. The Kier molecular flexibility index (Phi) is 5.27. The summed E-state index contributed by atoms with van der Waals surface area (Å²) in [6.45, 7) is 7.21. The third kappa shape index (κ3) is 4.83. The Labute approximate surface area is 108 Å². The molecule has 1 rings (SSSR count). The van der Waals surface area contributed by atoms with Gasteiger partial charge in [-0.1, -0.05) is 19.1 Å². The Bertz CT molecular complexity index is 363. The van der Waals surface area contributed by atoms with E-state index in [1.54, 1.807) is 17.1 Å². The van der Waals surface area contributed by atoms with Crippen molar-refractivity contribution in [3.8, 4) is 0 Å². The fourth-order valence-corrected chi connectivity index (χ4v) is 2.05. The van der Waals surface area contributed by atoms with E-state index in [4.69, 9.17) is 5.73 Å². The van der Waals surface area contributed by atoms with Gasteiger partial charge in [-0.15, -0.1) is 5.10 Å². The highest BCUT2D eigenvalue weighted by Crippen LogP contribution is 2.15. The van der Waals surface area contributed by atoms with E-state index >= 15 is 0 Å². The predicted molar refractivity (Wildman–Crippen MR) is 69.7 cm³/mol. The van der Waals surface area contributed by atoms with Gasteiger partial charge in [0.25, 0.3) is 0 Å². The highest BCUT2D eigenvalue weighted by atomic mass is 16.1. The Morgan fingerprint density at radius 1 is 1.56 bits per heavy atom. The first-order valence-corrected chi connectivity index (χ1v) is 6.30. The molecule has 0 aromatic carbocycles. The molecule has 0 aliphatic rings. The topological polar surface area (TPSA) is 85.8 Å². The van der Waals surface area contributed by atoms with Crippen LogP contribution in [0.4, 0.5) is 0 Å². The van der Waals surface area contributed by atoms with Crippen LogP contribution < -0.4 is 11.1 Å². The lowest BCUT2D eigenvalue weighted by Gasteiger charge is -2.31. The average Bonchev–Trinajstić information content (AvgIpc) is 2.78. The lowest BCUT2D eigenvalue weighted by molar-refractivity contribution is -0.123. The van der Waals surface area contributed by atoms with E-state index in [0.717, 1.165) is 6.42 Å². The zero-order chi connectivity index (χ0) is 13.6. The lowest BCUT2D eigenvalue weighted by atomic mass is 9.90. The number of nitrogens with zero attached hydrogens (tertiary/aromatic N) is 3. The first-order chi connectivity index (χ1) is 8.45. The van der Waals surface area contributed by atoms with Crippen molar-refractivity contribution in [2.45, 2.75) is 45.7 Å². The second kappa shape index (κ2) is 6.49. The molecule has 1 heterocycles. The van der Waals surface area contributed by atoms with E-state index in [9.17, 15) is 4.79 Å². The fraction of sp³-hybridized carbons (Fsp3) is 0.750. The molecule has 6 nitrogen and oxygen atoms in total. The van der Waals surface area contributed by atoms with E-state index in [1.807, 2.05) is 6.92 Å². The third-order valence-corrected chi connectivity index (χ3v) is 2.79. The van der Waals surface area contributed by atoms with E-state index in [2.05, 4.69) is 29.5 Å². The molecular weight excluding hydrogens is 230 g/mol. The molecule has 1 atom stereocenters. The molecule has 1 amide bonds. The van der Waals surface area contributed by atoms with Gasteiger partial charge in [-0.05, 0) is 19.3 Å². The van der Waals surface area contributed by atoms with Crippen LogP contribution in [0.3, 0.4) is 0 Å². The van der Waals surface area contributed by atoms with E-state index in [1.165, 1.54) is 0 Å². The second-order valence-corrected chi connectivity index (χ2v) is 5.33. The van der Waals surface area contributed by atoms with Crippen LogP contribution in [-0.2, 0) is 11.3 Å². The summed E-state index contributed by atoms with van der Waals surface area (Å²) in [5.74, 6) is 0.494. The van der Waals surface area contributed by atoms with Crippen molar-refractivity contribution >= 4 is 5.91 Å². The zero-order valence-electron chi connectivity index (χ0n) is 11.4. The number of aromatic nitrogens is 3. The molecule has 0 aliphatic carbocycles. The predicted octanol–water partition coefficient (Wildman–Crippen LogP) is 0.548. The molecule has 18 heavy (non-hydrogen) atoms. The number of nitrogens with one attached hydrogen (secondary N) is 1. The van der Waals surface area contributed by atoms with E-state index in [-0.39, 0.29) is 11.4 Å². The SMILES string of the molecule is CC(C)CC(C)(CN)NC(=O)CCn1ccnn1. The van der Waals surface area contributed by atoms with Crippen LogP contribution in [0.15, 0.2) is 12.4 Å². The molecule has 3 N–H and O–H groups in total. The minimum absolute atomic E-state index is 0.000833. The minimum atomic E-state index is -0.326.